The molecular weight excluding hydrogens is 222 g/mol. The number of carbonyl (C=O) groups is 1. The first-order chi connectivity index (χ1) is 7.90. The molecule has 1 rings (SSSR count). The van der Waals surface area contributed by atoms with Gasteiger partial charge in [0.05, 0.1) is 12.6 Å². The molecule has 1 aliphatic rings. The molecule has 1 saturated heterocycles. The van der Waals surface area contributed by atoms with Crippen LogP contribution >= 0.6 is 0 Å². The molecule has 0 aromatic carbocycles. The highest BCUT2D eigenvalue weighted by atomic mass is 16.6. The summed E-state index contributed by atoms with van der Waals surface area (Å²) in [5.74, 6) is 2.54. The molecule has 96 valence electrons. The zero-order valence-corrected chi connectivity index (χ0v) is 10.4. The Bertz CT molecular complexity index is 316. The molecule has 0 saturated carbocycles. The van der Waals surface area contributed by atoms with Crippen LogP contribution in [0.2, 0.25) is 0 Å². The van der Waals surface area contributed by atoms with Gasteiger partial charge in [0.2, 0.25) is 0 Å². The number of aliphatic hydroxyl groups excluding tert-OH is 1. The average Bonchev–Trinajstić information content (AvgIpc) is 2.18. The number of hydrogen-bond acceptors (Lipinski definition) is 4. The summed E-state index contributed by atoms with van der Waals surface area (Å²) in [4.78, 5) is 11.5. The second-order valence-corrected chi connectivity index (χ2v) is 5.00. The topological polar surface area (TPSA) is 67.8 Å². The predicted molar refractivity (Wildman–Crippen MR) is 61.8 cm³/mol. The van der Waals surface area contributed by atoms with Crippen molar-refractivity contribution in [3.05, 3.63) is 0 Å². The SMILES string of the molecule is CC(C)(C)OC(=O)N[C@@H]1CCC(C#CO)OC1. The summed E-state index contributed by atoms with van der Waals surface area (Å²) < 4.78 is 10.5. The smallest absolute Gasteiger partial charge is 0.407 e. The fourth-order valence-electron chi connectivity index (χ4n) is 1.53. The van der Waals surface area contributed by atoms with E-state index >= 15 is 0 Å². The normalized spacial score (nSPS) is 24.4. The highest BCUT2D eigenvalue weighted by molar-refractivity contribution is 5.68. The van der Waals surface area contributed by atoms with Crippen LogP contribution in [0.25, 0.3) is 0 Å². The van der Waals surface area contributed by atoms with Gasteiger partial charge in [0, 0.05) is 0 Å². The van der Waals surface area contributed by atoms with E-state index in [0.717, 1.165) is 6.42 Å². The van der Waals surface area contributed by atoms with Crippen LogP contribution in [-0.2, 0) is 9.47 Å². The zero-order valence-electron chi connectivity index (χ0n) is 10.4. The fraction of sp³-hybridized carbons (Fsp3) is 0.750. The molecule has 0 aromatic heterocycles. The summed E-state index contributed by atoms with van der Waals surface area (Å²) in [5.41, 5.74) is -0.496. The largest absolute Gasteiger partial charge is 0.462 e. The van der Waals surface area contributed by atoms with Crippen molar-refractivity contribution in [3.63, 3.8) is 0 Å². The van der Waals surface area contributed by atoms with E-state index in [1.54, 1.807) is 0 Å². The van der Waals surface area contributed by atoms with E-state index in [-0.39, 0.29) is 12.1 Å². The van der Waals surface area contributed by atoms with Gasteiger partial charge in [-0.25, -0.2) is 4.79 Å². The maximum absolute atomic E-state index is 11.5. The van der Waals surface area contributed by atoms with Crippen LogP contribution in [0.1, 0.15) is 33.6 Å². The quantitative estimate of drug-likeness (QED) is 0.681. The number of alkyl carbamates (subject to hydrolysis) is 1. The Hall–Kier alpha value is -1.41. The lowest BCUT2D eigenvalue weighted by Gasteiger charge is -2.28. The van der Waals surface area contributed by atoms with Crippen molar-refractivity contribution in [3.8, 4) is 12.0 Å². The van der Waals surface area contributed by atoms with E-state index in [4.69, 9.17) is 14.6 Å². The van der Waals surface area contributed by atoms with Crippen molar-refractivity contribution in [2.45, 2.75) is 51.4 Å². The van der Waals surface area contributed by atoms with Gasteiger partial charge in [0.25, 0.3) is 0 Å². The molecule has 5 heteroatoms. The fourth-order valence-corrected chi connectivity index (χ4v) is 1.53. The molecule has 2 N–H and O–H groups in total. The Labute approximate surface area is 101 Å². The second-order valence-electron chi connectivity index (χ2n) is 5.00. The second kappa shape index (κ2) is 5.78. The van der Waals surface area contributed by atoms with Gasteiger partial charge in [-0.1, -0.05) is 0 Å². The van der Waals surface area contributed by atoms with Crippen molar-refractivity contribution < 1.29 is 19.4 Å². The van der Waals surface area contributed by atoms with Crippen LogP contribution in [-0.4, -0.2) is 35.6 Å². The van der Waals surface area contributed by atoms with Crippen LogP contribution in [0.15, 0.2) is 0 Å². The summed E-state index contributed by atoms with van der Waals surface area (Å²) in [6.45, 7) is 5.84. The number of hydrogen-bond donors (Lipinski definition) is 2. The molecule has 2 atom stereocenters. The van der Waals surface area contributed by atoms with Crippen molar-refractivity contribution in [2.24, 2.45) is 0 Å². The summed E-state index contributed by atoms with van der Waals surface area (Å²) in [6.07, 6.45) is 2.62. The molecular formula is C12H19NO4. The van der Waals surface area contributed by atoms with Gasteiger partial charge in [-0.3, -0.25) is 0 Å². The van der Waals surface area contributed by atoms with Crippen molar-refractivity contribution >= 4 is 6.09 Å². The maximum atomic E-state index is 11.5. The minimum Gasteiger partial charge on any atom is -0.462 e. The Morgan fingerprint density at radius 1 is 1.47 bits per heavy atom. The van der Waals surface area contributed by atoms with Gasteiger partial charge >= 0.3 is 6.09 Å². The van der Waals surface area contributed by atoms with Gasteiger partial charge < -0.3 is 19.9 Å². The van der Waals surface area contributed by atoms with Gasteiger partial charge in [0.1, 0.15) is 17.8 Å². The third kappa shape index (κ3) is 5.45. The molecule has 1 heterocycles. The molecule has 1 amide bonds. The zero-order chi connectivity index (χ0) is 12.9. The lowest BCUT2D eigenvalue weighted by molar-refractivity contribution is 0.0166. The van der Waals surface area contributed by atoms with Gasteiger partial charge in [0.15, 0.2) is 0 Å². The summed E-state index contributed by atoms with van der Waals surface area (Å²) >= 11 is 0. The molecule has 0 bridgehead atoms. The van der Waals surface area contributed by atoms with Crippen LogP contribution in [0.5, 0.6) is 0 Å². The molecule has 0 radical (unpaired) electrons. The van der Waals surface area contributed by atoms with Gasteiger partial charge in [-0.05, 0) is 39.5 Å². The number of nitrogens with one attached hydrogen (secondary N) is 1. The number of carbonyl (C=O) groups excluding carboxylic acids is 1. The molecule has 1 aliphatic heterocycles. The van der Waals surface area contributed by atoms with E-state index in [0.29, 0.717) is 13.0 Å². The van der Waals surface area contributed by atoms with Crippen LogP contribution in [0, 0.1) is 12.0 Å². The summed E-state index contributed by atoms with van der Waals surface area (Å²) in [6, 6.07) is -0.0541. The highest BCUT2D eigenvalue weighted by Crippen LogP contribution is 2.14. The van der Waals surface area contributed by atoms with Gasteiger partial charge in [-0.15, -0.1) is 0 Å². The van der Waals surface area contributed by atoms with Crippen molar-refractivity contribution in [1.82, 2.24) is 5.32 Å². The lowest BCUT2D eigenvalue weighted by Crippen LogP contribution is -2.44. The summed E-state index contributed by atoms with van der Waals surface area (Å²) in [5, 5.41) is 11.2. The maximum Gasteiger partial charge on any atom is 0.407 e. The van der Waals surface area contributed by atoms with Crippen LogP contribution in [0.4, 0.5) is 4.79 Å². The first-order valence-electron chi connectivity index (χ1n) is 5.66. The van der Waals surface area contributed by atoms with E-state index in [9.17, 15) is 4.79 Å². The minimum absolute atomic E-state index is 0.0541. The molecule has 0 aliphatic carbocycles. The van der Waals surface area contributed by atoms with Crippen molar-refractivity contribution in [1.29, 1.82) is 0 Å². The Morgan fingerprint density at radius 3 is 2.65 bits per heavy atom. The molecule has 1 fully saturated rings. The average molecular weight is 241 g/mol. The Balaban J connectivity index is 2.30. The van der Waals surface area contributed by atoms with E-state index in [1.807, 2.05) is 26.9 Å². The molecule has 1 unspecified atom stereocenters. The summed E-state index contributed by atoms with van der Waals surface area (Å²) in [7, 11) is 0. The number of rotatable bonds is 1. The number of aliphatic hydroxyl groups is 1. The third-order valence-electron chi connectivity index (χ3n) is 2.22. The number of ether oxygens (including phenoxy) is 2. The van der Waals surface area contributed by atoms with E-state index < -0.39 is 11.7 Å². The molecule has 17 heavy (non-hydrogen) atoms. The van der Waals surface area contributed by atoms with Crippen molar-refractivity contribution in [2.75, 3.05) is 6.61 Å². The van der Waals surface area contributed by atoms with Crippen LogP contribution < -0.4 is 5.32 Å². The minimum atomic E-state index is -0.496. The first-order valence-corrected chi connectivity index (χ1v) is 5.66. The Kier molecular flexibility index (Phi) is 4.64. The Morgan fingerprint density at radius 2 is 2.18 bits per heavy atom. The highest BCUT2D eigenvalue weighted by Gasteiger charge is 2.24. The third-order valence-corrected chi connectivity index (χ3v) is 2.22. The van der Waals surface area contributed by atoms with Gasteiger partial charge in [-0.2, -0.15) is 0 Å². The molecule has 0 spiro atoms. The lowest BCUT2D eigenvalue weighted by atomic mass is 10.1. The predicted octanol–water partition coefficient (Wildman–Crippen LogP) is 1.39. The first kappa shape index (κ1) is 13.7. The van der Waals surface area contributed by atoms with E-state index in [1.165, 1.54) is 0 Å². The molecule has 0 aromatic rings. The standard InChI is InChI=1S/C12H19NO4/c1-12(2,3)17-11(15)13-9-4-5-10(6-7-14)16-8-9/h9-10,14H,4-5,8H2,1-3H3,(H,13,15)/t9-,10?/m1/s1. The van der Waals surface area contributed by atoms with Crippen LogP contribution in [0.3, 0.4) is 0 Å². The number of amides is 1. The van der Waals surface area contributed by atoms with E-state index in [2.05, 4.69) is 11.2 Å². The molecule has 5 nitrogen and oxygen atoms in total. The monoisotopic (exact) mass is 241 g/mol.